The molecule has 0 radical (unpaired) electrons. The number of aliphatic hydroxyl groups excluding tert-OH is 1. The summed E-state index contributed by atoms with van der Waals surface area (Å²) in [6.07, 6.45) is 1.31. The minimum atomic E-state index is -0.612. The van der Waals surface area contributed by atoms with Gasteiger partial charge in [-0.2, -0.15) is 0 Å². The number of benzene rings is 2. The van der Waals surface area contributed by atoms with E-state index in [1.165, 1.54) is 14.2 Å². The standard InChI is InChI=1S/C17H25NO5.C13H16O4/c1-12-9-15(11-18-5-7-22-8-6-19)10-13(2)16(12)23-17(20)14(3)21-4;1-8-5-11(7-14)6-9(2)12(8)17-13(15)10(3)16-4/h9-11,14,19H,5-8H2,1-4H3;5-7,10H,1-4H3. The Labute approximate surface area is 236 Å². The van der Waals surface area contributed by atoms with Gasteiger partial charge in [-0.25, -0.2) is 9.59 Å². The van der Waals surface area contributed by atoms with Crippen LogP contribution >= 0.6 is 0 Å². The van der Waals surface area contributed by atoms with Crippen molar-refractivity contribution >= 4 is 24.4 Å². The number of aliphatic hydroxyl groups is 1. The first-order valence-electron chi connectivity index (χ1n) is 12.8. The number of rotatable bonds is 13. The molecule has 0 amide bonds. The molecule has 0 aliphatic heterocycles. The number of aryl methyl sites for hydroxylation is 4. The Hall–Kier alpha value is -3.44. The van der Waals surface area contributed by atoms with Gasteiger partial charge in [-0.1, -0.05) is 0 Å². The van der Waals surface area contributed by atoms with Crippen molar-refractivity contribution in [1.82, 2.24) is 0 Å². The van der Waals surface area contributed by atoms with E-state index in [0.29, 0.717) is 36.8 Å². The van der Waals surface area contributed by atoms with Gasteiger partial charge in [-0.15, -0.1) is 0 Å². The number of ether oxygens (including phenoxy) is 5. The Morgan fingerprint density at radius 3 is 1.60 bits per heavy atom. The molecule has 0 heterocycles. The van der Waals surface area contributed by atoms with Crippen molar-refractivity contribution in [1.29, 1.82) is 0 Å². The van der Waals surface area contributed by atoms with Gasteiger partial charge in [0.25, 0.3) is 0 Å². The topological polar surface area (TPSA) is 130 Å². The summed E-state index contributed by atoms with van der Waals surface area (Å²) in [6.45, 7) is 12.0. The van der Waals surface area contributed by atoms with Crippen LogP contribution in [0.15, 0.2) is 29.3 Å². The molecule has 0 aromatic heterocycles. The average Bonchev–Trinajstić information content (AvgIpc) is 2.93. The second-order valence-corrected chi connectivity index (χ2v) is 9.05. The molecular formula is C30H41NO9. The van der Waals surface area contributed by atoms with Gasteiger partial charge in [-0.3, -0.25) is 9.79 Å². The largest absolute Gasteiger partial charge is 0.424 e. The second-order valence-electron chi connectivity index (χ2n) is 9.05. The number of carbonyl (C=O) groups is 3. The lowest BCUT2D eigenvalue weighted by Crippen LogP contribution is -2.25. The lowest BCUT2D eigenvalue weighted by molar-refractivity contribution is -0.145. The molecule has 0 saturated carbocycles. The molecule has 40 heavy (non-hydrogen) atoms. The number of carbonyl (C=O) groups excluding carboxylic acids is 3. The smallest absolute Gasteiger partial charge is 0.340 e. The zero-order valence-corrected chi connectivity index (χ0v) is 24.6. The molecule has 0 bridgehead atoms. The van der Waals surface area contributed by atoms with Gasteiger partial charge in [0.05, 0.1) is 26.4 Å². The van der Waals surface area contributed by atoms with Crippen LogP contribution in [0.1, 0.15) is 52.0 Å². The van der Waals surface area contributed by atoms with Gasteiger partial charge in [0, 0.05) is 26.0 Å². The number of hydrogen-bond donors (Lipinski definition) is 1. The molecule has 2 unspecified atom stereocenters. The summed E-state index contributed by atoms with van der Waals surface area (Å²) in [7, 11) is 2.91. The molecule has 0 fully saturated rings. The molecule has 10 heteroatoms. The van der Waals surface area contributed by atoms with Gasteiger partial charge in [0.2, 0.25) is 0 Å². The van der Waals surface area contributed by atoms with E-state index < -0.39 is 24.1 Å². The summed E-state index contributed by atoms with van der Waals surface area (Å²) in [5, 5.41) is 8.59. The summed E-state index contributed by atoms with van der Waals surface area (Å²) in [6, 6.07) is 7.18. The Bertz CT molecular complexity index is 1110. The van der Waals surface area contributed by atoms with Crippen LogP contribution in [0.3, 0.4) is 0 Å². The average molecular weight is 560 g/mol. The van der Waals surface area contributed by atoms with Crippen molar-refractivity contribution in [2.45, 2.75) is 53.8 Å². The Morgan fingerprint density at radius 2 is 1.23 bits per heavy atom. The van der Waals surface area contributed by atoms with Crippen LogP contribution in [0.25, 0.3) is 0 Å². The third kappa shape index (κ3) is 11.4. The normalized spacial score (nSPS) is 12.3. The number of esters is 2. The molecule has 0 aliphatic rings. The number of hydrogen-bond acceptors (Lipinski definition) is 10. The maximum Gasteiger partial charge on any atom is 0.340 e. The first-order chi connectivity index (χ1) is 19.0. The van der Waals surface area contributed by atoms with Gasteiger partial charge in [0.1, 0.15) is 17.8 Å². The summed E-state index contributed by atoms with van der Waals surface area (Å²) in [5.41, 5.74) is 4.73. The second kappa shape index (κ2) is 18.0. The maximum absolute atomic E-state index is 11.8. The summed E-state index contributed by atoms with van der Waals surface area (Å²) < 4.78 is 25.6. The highest BCUT2D eigenvalue weighted by Gasteiger charge is 2.18. The van der Waals surface area contributed by atoms with Crippen molar-refractivity contribution in [2.24, 2.45) is 4.99 Å². The summed E-state index contributed by atoms with van der Waals surface area (Å²) in [4.78, 5) is 38.4. The van der Waals surface area contributed by atoms with E-state index in [4.69, 9.17) is 28.8 Å². The zero-order chi connectivity index (χ0) is 30.2. The number of aliphatic imine (C=N–C) groups is 1. The highest BCUT2D eigenvalue weighted by molar-refractivity contribution is 5.82. The monoisotopic (exact) mass is 559 g/mol. The highest BCUT2D eigenvalue weighted by atomic mass is 16.6. The third-order valence-electron chi connectivity index (χ3n) is 5.72. The van der Waals surface area contributed by atoms with E-state index in [0.717, 1.165) is 34.1 Å². The fourth-order valence-corrected chi connectivity index (χ4v) is 3.45. The molecule has 0 saturated heterocycles. The summed E-state index contributed by atoms with van der Waals surface area (Å²) in [5.74, 6) is 0.186. The van der Waals surface area contributed by atoms with Gasteiger partial charge in [0.15, 0.2) is 12.2 Å². The van der Waals surface area contributed by atoms with Gasteiger partial charge >= 0.3 is 11.9 Å². The molecule has 2 aromatic rings. The number of aldehydes is 1. The molecule has 2 atom stereocenters. The highest BCUT2D eigenvalue weighted by Crippen LogP contribution is 2.26. The van der Waals surface area contributed by atoms with Crippen molar-refractivity contribution in [3.8, 4) is 11.5 Å². The van der Waals surface area contributed by atoms with Gasteiger partial charge < -0.3 is 28.8 Å². The SMILES string of the molecule is COC(C)C(=O)Oc1c(C)cc(C=NCCOCCO)cc1C.COC(C)C(=O)Oc1c(C)cc(C=O)cc1C. The zero-order valence-electron chi connectivity index (χ0n) is 24.6. The molecular weight excluding hydrogens is 518 g/mol. The third-order valence-corrected chi connectivity index (χ3v) is 5.72. The fraction of sp³-hybridized carbons (Fsp3) is 0.467. The lowest BCUT2D eigenvalue weighted by Gasteiger charge is -2.14. The van der Waals surface area contributed by atoms with E-state index in [-0.39, 0.29) is 6.61 Å². The van der Waals surface area contributed by atoms with Crippen LogP contribution < -0.4 is 9.47 Å². The van der Waals surface area contributed by atoms with E-state index in [9.17, 15) is 14.4 Å². The van der Waals surface area contributed by atoms with Crippen LogP contribution in [0.5, 0.6) is 11.5 Å². The predicted molar refractivity (Wildman–Crippen MR) is 152 cm³/mol. The predicted octanol–water partition coefficient (Wildman–Crippen LogP) is 3.73. The molecule has 2 aromatic carbocycles. The van der Waals surface area contributed by atoms with Crippen molar-refractivity contribution < 1.29 is 43.2 Å². The molecule has 1 N–H and O–H groups in total. The Balaban J connectivity index is 0.000000418. The fourth-order valence-electron chi connectivity index (χ4n) is 3.45. The molecule has 220 valence electrons. The number of nitrogens with zero attached hydrogens (tertiary/aromatic N) is 1. The minimum Gasteiger partial charge on any atom is -0.424 e. The van der Waals surface area contributed by atoms with Crippen molar-refractivity contribution in [3.63, 3.8) is 0 Å². The Morgan fingerprint density at radius 1 is 0.800 bits per heavy atom. The van der Waals surface area contributed by atoms with Crippen LogP contribution in [0.4, 0.5) is 0 Å². The van der Waals surface area contributed by atoms with E-state index in [1.54, 1.807) is 46.0 Å². The first-order valence-corrected chi connectivity index (χ1v) is 12.8. The van der Waals surface area contributed by atoms with Gasteiger partial charge in [-0.05, 0) is 93.6 Å². The summed E-state index contributed by atoms with van der Waals surface area (Å²) >= 11 is 0. The van der Waals surface area contributed by atoms with E-state index in [2.05, 4.69) is 4.99 Å². The molecule has 2 rings (SSSR count). The Kier molecular flexibility index (Phi) is 15.6. The van der Waals surface area contributed by atoms with E-state index in [1.807, 2.05) is 26.0 Å². The van der Waals surface area contributed by atoms with Crippen LogP contribution in [0.2, 0.25) is 0 Å². The van der Waals surface area contributed by atoms with E-state index >= 15 is 0 Å². The van der Waals surface area contributed by atoms with Crippen molar-refractivity contribution in [2.75, 3.05) is 40.6 Å². The van der Waals surface area contributed by atoms with Crippen LogP contribution in [0, 0.1) is 27.7 Å². The van der Waals surface area contributed by atoms with Crippen LogP contribution in [-0.4, -0.2) is 82.3 Å². The number of methoxy groups -OCH3 is 2. The molecule has 0 aliphatic carbocycles. The lowest BCUT2D eigenvalue weighted by atomic mass is 10.1. The first kappa shape index (κ1) is 34.6. The molecule has 10 nitrogen and oxygen atoms in total. The maximum atomic E-state index is 11.8. The van der Waals surface area contributed by atoms with Crippen molar-refractivity contribution in [3.05, 3.63) is 57.6 Å². The quantitative estimate of drug-likeness (QED) is 0.128. The molecule has 0 spiro atoms. The van der Waals surface area contributed by atoms with Crippen LogP contribution in [-0.2, 0) is 23.8 Å². The minimum absolute atomic E-state index is 0.0178.